The molecule has 0 radical (unpaired) electrons. The van der Waals surface area contributed by atoms with Crippen molar-refractivity contribution in [3.05, 3.63) is 58.7 Å². The Morgan fingerprint density at radius 2 is 1.92 bits per heavy atom. The summed E-state index contributed by atoms with van der Waals surface area (Å²) in [5, 5.41) is 0. The summed E-state index contributed by atoms with van der Waals surface area (Å²) in [4.78, 5) is 19.0. The van der Waals surface area contributed by atoms with Gasteiger partial charge in [0, 0.05) is 19.2 Å². The van der Waals surface area contributed by atoms with Gasteiger partial charge in [-0.3, -0.25) is 4.79 Å². The van der Waals surface area contributed by atoms with Crippen molar-refractivity contribution in [2.45, 2.75) is 27.7 Å². The van der Waals surface area contributed by atoms with E-state index >= 15 is 0 Å². The molecule has 2 rings (SSSR count). The van der Waals surface area contributed by atoms with Crippen molar-refractivity contribution in [2.75, 3.05) is 20.2 Å². The molecule has 0 N–H and O–H groups in total. The van der Waals surface area contributed by atoms with Crippen molar-refractivity contribution in [3.63, 3.8) is 0 Å². The molecule has 2 aromatic rings. The highest BCUT2D eigenvalue weighted by atomic mass is 16.5. The number of hydrogen-bond donors (Lipinski definition) is 0. The largest absolute Gasteiger partial charge is 0.485 e. The molecule has 0 saturated carbocycles. The Hall–Kier alpha value is -2.62. The van der Waals surface area contributed by atoms with Crippen LogP contribution in [-0.4, -0.2) is 37.2 Å². The smallest absolute Gasteiger partial charge is 0.200 e. The molecular weight excluding hydrogens is 312 g/mol. The van der Waals surface area contributed by atoms with Crippen LogP contribution in [0.5, 0.6) is 5.75 Å². The topological polar surface area (TPSA) is 41.9 Å². The van der Waals surface area contributed by atoms with E-state index in [2.05, 4.69) is 11.9 Å². The second-order valence-electron chi connectivity index (χ2n) is 6.30. The summed E-state index contributed by atoms with van der Waals surface area (Å²) in [6.07, 6.45) is 1.81. The monoisotopic (exact) mass is 338 g/mol. The lowest BCUT2D eigenvalue weighted by Gasteiger charge is -2.12. The summed E-state index contributed by atoms with van der Waals surface area (Å²) in [5.74, 6) is 0.690. The number of aliphatic imine (C=N–C) groups is 1. The quantitative estimate of drug-likeness (QED) is 0.424. The Morgan fingerprint density at radius 3 is 2.60 bits per heavy atom. The molecule has 25 heavy (non-hydrogen) atoms. The normalized spacial score (nSPS) is 10.9. The van der Waals surface area contributed by atoms with Crippen LogP contribution < -0.4 is 4.74 Å². The van der Waals surface area contributed by atoms with Gasteiger partial charge in [-0.05, 0) is 68.7 Å². The number of nitrogens with zero attached hydrogens (tertiary/aromatic N) is 2. The lowest BCUT2D eigenvalue weighted by atomic mass is 10.0. The van der Waals surface area contributed by atoms with Crippen LogP contribution in [0, 0.1) is 20.8 Å². The highest BCUT2D eigenvalue weighted by molar-refractivity contribution is 5.99. The number of ketones is 1. The molecule has 0 heterocycles. The summed E-state index contributed by atoms with van der Waals surface area (Å²) in [6.45, 7) is 8.90. The van der Waals surface area contributed by atoms with Crippen molar-refractivity contribution in [1.29, 1.82) is 0 Å². The highest BCUT2D eigenvalue weighted by Gasteiger charge is 2.12. The summed E-state index contributed by atoms with van der Waals surface area (Å²) in [6, 6.07) is 11.6. The minimum absolute atomic E-state index is 0.0247. The van der Waals surface area contributed by atoms with Crippen molar-refractivity contribution in [2.24, 2.45) is 4.99 Å². The Labute approximate surface area is 150 Å². The van der Waals surface area contributed by atoms with Gasteiger partial charge in [-0.2, -0.15) is 0 Å². The first-order valence-electron chi connectivity index (χ1n) is 8.49. The Balaban J connectivity index is 2.12. The molecule has 0 bridgehead atoms. The first kappa shape index (κ1) is 18.7. The first-order chi connectivity index (χ1) is 11.9. The second-order valence-corrected chi connectivity index (χ2v) is 6.30. The summed E-state index contributed by atoms with van der Waals surface area (Å²) in [7, 11) is 1.98. The highest BCUT2D eigenvalue weighted by Crippen LogP contribution is 2.24. The standard InChI is InChI=1S/C21H26N2O2/c1-6-23(5)14-22-20-12-16(3)19(11-17(20)4)21(24)13-25-18-9-7-8-15(2)10-18/h7-12,14H,6,13H2,1-5H3. The van der Waals surface area contributed by atoms with Gasteiger partial charge in [-0.1, -0.05) is 12.1 Å². The Kier molecular flexibility index (Phi) is 6.34. The molecule has 0 aromatic heterocycles. The summed E-state index contributed by atoms with van der Waals surface area (Å²) >= 11 is 0. The number of hydrogen-bond acceptors (Lipinski definition) is 3. The predicted molar refractivity (Wildman–Crippen MR) is 103 cm³/mol. The minimum Gasteiger partial charge on any atom is -0.485 e. The van der Waals surface area contributed by atoms with Gasteiger partial charge in [-0.15, -0.1) is 0 Å². The average molecular weight is 338 g/mol. The number of ether oxygens (including phenoxy) is 1. The second kappa shape index (κ2) is 8.47. The summed E-state index contributed by atoms with van der Waals surface area (Å²) < 4.78 is 5.64. The van der Waals surface area contributed by atoms with Crippen LogP contribution in [0.3, 0.4) is 0 Å². The van der Waals surface area contributed by atoms with Crippen LogP contribution in [0.1, 0.15) is 34.0 Å². The van der Waals surface area contributed by atoms with Crippen LogP contribution in [0.4, 0.5) is 5.69 Å². The molecule has 0 aliphatic heterocycles. The van der Waals surface area contributed by atoms with Crippen LogP contribution in [-0.2, 0) is 0 Å². The third-order valence-corrected chi connectivity index (χ3v) is 4.10. The third kappa shape index (κ3) is 5.18. The van der Waals surface area contributed by atoms with E-state index in [0.717, 1.165) is 28.9 Å². The first-order valence-corrected chi connectivity index (χ1v) is 8.49. The molecule has 0 amide bonds. The molecule has 4 nitrogen and oxygen atoms in total. The van der Waals surface area contributed by atoms with Gasteiger partial charge < -0.3 is 9.64 Å². The molecule has 0 fully saturated rings. The molecule has 0 unspecified atom stereocenters. The van der Waals surface area contributed by atoms with E-state index in [4.69, 9.17) is 4.74 Å². The number of aryl methyl sites for hydroxylation is 3. The molecular formula is C21H26N2O2. The molecule has 132 valence electrons. The Morgan fingerprint density at radius 1 is 1.16 bits per heavy atom. The maximum absolute atomic E-state index is 12.5. The predicted octanol–water partition coefficient (Wildman–Crippen LogP) is 4.49. The fourth-order valence-electron chi connectivity index (χ4n) is 2.41. The van der Waals surface area contributed by atoms with Crippen LogP contribution in [0.2, 0.25) is 0 Å². The molecule has 0 saturated heterocycles. The summed E-state index contributed by atoms with van der Waals surface area (Å²) in [5.41, 5.74) is 4.57. The number of rotatable bonds is 7. The third-order valence-electron chi connectivity index (χ3n) is 4.10. The fraction of sp³-hybridized carbons (Fsp3) is 0.333. The van der Waals surface area contributed by atoms with Crippen LogP contribution >= 0.6 is 0 Å². The van der Waals surface area contributed by atoms with Gasteiger partial charge in [0.2, 0.25) is 0 Å². The SMILES string of the molecule is CCN(C)C=Nc1cc(C)c(C(=O)COc2cccc(C)c2)cc1C. The zero-order valence-electron chi connectivity index (χ0n) is 15.7. The van der Waals surface area contributed by atoms with Gasteiger partial charge >= 0.3 is 0 Å². The number of Topliss-reactive ketones (excluding diaryl/α,β-unsaturated/α-hetero) is 1. The van der Waals surface area contributed by atoms with Gasteiger partial charge in [0.05, 0.1) is 12.0 Å². The van der Waals surface area contributed by atoms with Crippen LogP contribution in [0.15, 0.2) is 41.4 Å². The van der Waals surface area contributed by atoms with Gasteiger partial charge in [0.1, 0.15) is 5.75 Å². The molecule has 4 heteroatoms. The van der Waals surface area contributed by atoms with Crippen molar-refractivity contribution >= 4 is 17.8 Å². The molecule has 0 atom stereocenters. The van der Waals surface area contributed by atoms with E-state index in [1.54, 1.807) is 0 Å². The molecule has 0 aliphatic carbocycles. The lowest BCUT2D eigenvalue weighted by molar-refractivity contribution is 0.0921. The van der Waals surface area contributed by atoms with E-state index in [1.165, 1.54) is 0 Å². The van der Waals surface area contributed by atoms with Gasteiger partial charge in [0.15, 0.2) is 12.4 Å². The maximum Gasteiger partial charge on any atom is 0.200 e. The molecule has 0 spiro atoms. The number of carbonyl (C=O) groups excluding carboxylic acids is 1. The molecule has 2 aromatic carbocycles. The van der Waals surface area contributed by atoms with Crippen LogP contribution in [0.25, 0.3) is 0 Å². The van der Waals surface area contributed by atoms with E-state index < -0.39 is 0 Å². The number of carbonyl (C=O) groups is 1. The zero-order valence-corrected chi connectivity index (χ0v) is 15.7. The van der Waals surface area contributed by atoms with Gasteiger partial charge in [-0.25, -0.2) is 4.99 Å². The van der Waals surface area contributed by atoms with Crippen molar-refractivity contribution < 1.29 is 9.53 Å². The van der Waals surface area contributed by atoms with E-state index in [1.807, 2.05) is 75.5 Å². The molecule has 0 aliphatic rings. The van der Waals surface area contributed by atoms with Crippen molar-refractivity contribution in [3.8, 4) is 5.75 Å². The van der Waals surface area contributed by atoms with E-state index in [9.17, 15) is 4.79 Å². The van der Waals surface area contributed by atoms with Gasteiger partial charge in [0.25, 0.3) is 0 Å². The number of benzene rings is 2. The van der Waals surface area contributed by atoms with E-state index in [0.29, 0.717) is 11.3 Å². The van der Waals surface area contributed by atoms with E-state index in [-0.39, 0.29) is 12.4 Å². The maximum atomic E-state index is 12.5. The zero-order chi connectivity index (χ0) is 18.4. The fourth-order valence-corrected chi connectivity index (χ4v) is 2.41. The Bertz CT molecular complexity index is 781. The lowest BCUT2D eigenvalue weighted by Crippen LogP contribution is -2.14. The van der Waals surface area contributed by atoms with Crippen molar-refractivity contribution in [1.82, 2.24) is 4.90 Å². The minimum atomic E-state index is -0.0247. The average Bonchev–Trinajstić information content (AvgIpc) is 2.59.